The zero-order valence-electron chi connectivity index (χ0n) is 17.1. The van der Waals surface area contributed by atoms with E-state index in [2.05, 4.69) is 5.32 Å². The lowest BCUT2D eigenvalue weighted by atomic mass is 10.1. The summed E-state index contributed by atoms with van der Waals surface area (Å²) in [6.07, 6.45) is -0.180. The Bertz CT molecular complexity index is 928. The first kappa shape index (κ1) is 21.3. The maximum absolute atomic E-state index is 13.3. The monoisotopic (exact) mass is 413 g/mol. The van der Waals surface area contributed by atoms with E-state index in [4.69, 9.17) is 4.74 Å². The minimum atomic E-state index is -0.928. The van der Waals surface area contributed by atoms with Crippen LogP contribution in [-0.4, -0.2) is 42.4 Å². The van der Waals surface area contributed by atoms with Crippen LogP contribution in [0.25, 0.3) is 0 Å². The van der Waals surface area contributed by atoms with Crippen LogP contribution in [0.1, 0.15) is 20.3 Å². The quantitative estimate of drug-likeness (QED) is 0.703. The molecule has 1 saturated heterocycles. The third-order valence-electron chi connectivity index (χ3n) is 4.72. The van der Waals surface area contributed by atoms with E-state index in [0.717, 1.165) is 4.90 Å². The topological polar surface area (TPSA) is 79.0 Å². The van der Waals surface area contributed by atoms with Crippen LogP contribution in [0.4, 0.5) is 20.6 Å². The number of ether oxygens (including phenoxy) is 1. The Hall–Kier alpha value is -3.42. The average Bonchev–Trinajstić information content (AvgIpc) is 2.93. The normalized spacial score (nSPS) is 16.4. The second-order valence-electron chi connectivity index (χ2n) is 7.48. The molecule has 0 saturated carbocycles. The van der Waals surface area contributed by atoms with Gasteiger partial charge in [-0.25, -0.2) is 14.1 Å². The van der Waals surface area contributed by atoms with E-state index < -0.39 is 23.8 Å². The van der Waals surface area contributed by atoms with Crippen LogP contribution in [-0.2, 0) is 9.59 Å². The number of nitrogens with one attached hydrogen (secondary N) is 1. The Morgan fingerprint density at radius 1 is 1.10 bits per heavy atom. The van der Waals surface area contributed by atoms with Gasteiger partial charge in [0.1, 0.15) is 17.6 Å². The highest BCUT2D eigenvalue weighted by molar-refractivity contribution is 6.22. The zero-order chi connectivity index (χ0) is 21.8. The third kappa shape index (κ3) is 4.59. The second-order valence-corrected chi connectivity index (χ2v) is 7.48. The molecule has 1 aliphatic rings. The number of methoxy groups -OCH3 is 1. The van der Waals surface area contributed by atoms with Crippen LogP contribution >= 0.6 is 0 Å². The number of anilines is 2. The molecule has 30 heavy (non-hydrogen) atoms. The Kier molecular flexibility index (Phi) is 6.34. The van der Waals surface area contributed by atoms with Crippen molar-refractivity contribution in [3.8, 4) is 5.75 Å². The van der Waals surface area contributed by atoms with Crippen molar-refractivity contribution >= 4 is 29.2 Å². The predicted octanol–water partition coefficient (Wildman–Crippen LogP) is 3.66. The van der Waals surface area contributed by atoms with Gasteiger partial charge in [-0.3, -0.25) is 9.59 Å². The zero-order valence-corrected chi connectivity index (χ0v) is 17.1. The molecule has 0 aliphatic carbocycles. The standard InChI is InChI=1S/C22H24FN3O4/c1-14(2)13-25-19(12-20(27)24-16-6-10-18(30-3)11-7-16)21(28)26(22(25)29)17-8-4-15(23)5-9-17/h4-11,14,19H,12-13H2,1-3H3,(H,24,27)/t19-/m0/s1. The van der Waals surface area contributed by atoms with E-state index in [1.165, 1.54) is 29.2 Å². The van der Waals surface area contributed by atoms with Gasteiger partial charge in [-0.15, -0.1) is 0 Å². The van der Waals surface area contributed by atoms with Crippen LogP contribution in [0.5, 0.6) is 5.75 Å². The van der Waals surface area contributed by atoms with Crippen molar-refractivity contribution in [2.24, 2.45) is 5.92 Å². The maximum atomic E-state index is 13.3. The summed E-state index contributed by atoms with van der Waals surface area (Å²) in [4.78, 5) is 41.0. The summed E-state index contributed by atoms with van der Waals surface area (Å²) in [6, 6.07) is 10.5. The smallest absolute Gasteiger partial charge is 0.332 e. The van der Waals surface area contributed by atoms with Crippen molar-refractivity contribution in [3.05, 3.63) is 54.3 Å². The number of nitrogens with zero attached hydrogens (tertiary/aromatic N) is 2. The number of carbonyl (C=O) groups excluding carboxylic acids is 3. The van der Waals surface area contributed by atoms with Gasteiger partial charge in [0.05, 0.1) is 19.2 Å². The molecular weight excluding hydrogens is 389 g/mol. The van der Waals surface area contributed by atoms with Gasteiger partial charge in [0, 0.05) is 12.2 Å². The van der Waals surface area contributed by atoms with Crippen molar-refractivity contribution < 1.29 is 23.5 Å². The fourth-order valence-corrected chi connectivity index (χ4v) is 3.32. The number of rotatable bonds is 7. The largest absolute Gasteiger partial charge is 0.497 e. The molecule has 1 aliphatic heterocycles. The molecule has 2 aromatic carbocycles. The van der Waals surface area contributed by atoms with E-state index in [1.54, 1.807) is 31.4 Å². The summed E-state index contributed by atoms with van der Waals surface area (Å²) < 4.78 is 18.3. The van der Waals surface area contributed by atoms with Crippen molar-refractivity contribution in [2.75, 3.05) is 23.9 Å². The van der Waals surface area contributed by atoms with Crippen molar-refractivity contribution in [1.29, 1.82) is 0 Å². The van der Waals surface area contributed by atoms with E-state index in [-0.39, 0.29) is 23.9 Å². The second kappa shape index (κ2) is 8.94. The van der Waals surface area contributed by atoms with Crippen molar-refractivity contribution in [2.45, 2.75) is 26.3 Å². The maximum Gasteiger partial charge on any atom is 0.332 e. The SMILES string of the molecule is COc1ccc(NC(=O)C[C@H]2C(=O)N(c3ccc(F)cc3)C(=O)N2CC(C)C)cc1. The predicted molar refractivity (Wildman–Crippen MR) is 111 cm³/mol. The highest BCUT2D eigenvalue weighted by Gasteiger charge is 2.46. The molecule has 0 spiro atoms. The van der Waals surface area contributed by atoms with Crippen molar-refractivity contribution in [1.82, 2.24) is 4.90 Å². The van der Waals surface area contributed by atoms with Gasteiger partial charge in [-0.2, -0.15) is 0 Å². The number of imide groups is 1. The number of hydrogen-bond donors (Lipinski definition) is 1. The number of carbonyl (C=O) groups is 3. The minimum Gasteiger partial charge on any atom is -0.497 e. The van der Waals surface area contributed by atoms with Gasteiger partial charge >= 0.3 is 6.03 Å². The summed E-state index contributed by atoms with van der Waals surface area (Å²) in [5.41, 5.74) is 0.835. The van der Waals surface area contributed by atoms with E-state index in [9.17, 15) is 18.8 Å². The van der Waals surface area contributed by atoms with Crippen LogP contribution in [0.3, 0.4) is 0 Å². The molecule has 1 atom stereocenters. The molecule has 4 amide bonds. The van der Waals surface area contributed by atoms with Gasteiger partial charge in [-0.05, 0) is 54.4 Å². The fraction of sp³-hybridized carbons (Fsp3) is 0.318. The molecule has 2 aromatic rings. The summed E-state index contributed by atoms with van der Waals surface area (Å²) in [5, 5.41) is 2.74. The summed E-state index contributed by atoms with van der Waals surface area (Å²) >= 11 is 0. The first-order valence-corrected chi connectivity index (χ1v) is 9.64. The first-order valence-electron chi connectivity index (χ1n) is 9.64. The lowest BCUT2D eigenvalue weighted by Crippen LogP contribution is -2.40. The fourth-order valence-electron chi connectivity index (χ4n) is 3.32. The van der Waals surface area contributed by atoms with Crippen LogP contribution < -0.4 is 15.0 Å². The number of benzene rings is 2. The average molecular weight is 413 g/mol. The summed E-state index contributed by atoms with van der Waals surface area (Å²) in [5.74, 6) is -0.602. The van der Waals surface area contributed by atoms with Gasteiger partial charge in [0.2, 0.25) is 5.91 Å². The van der Waals surface area contributed by atoms with Crippen LogP contribution in [0.2, 0.25) is 0 Å². The molecule has 0 unspecified atom stereocenters. The molecule has 1 fully saturated rings. The molecular formula is C22H24FN3O4. The number of urea groups is 1. The Labute approximate surface area is 174 Å². The molecule has 0 aromatic heterocycles. The molecule has 7 nitrogen and oxygen atoms in total. The minimum absolute atomic E-state index is 0.0991. The Morgan fingerprint density at radius 2 is 1.73 bits per heavy atom. The van der Waals surface area contributed by atoms with E-state index >= 15 is 0 Å². The summed E-state index contributed by atoms with van der Waals surface area (Å²) in [6.45, 7) is 4.17. The van der Waals surface area contributed by atoms with Crippen LogP contribution in [0.15, 0.2) is 48.5 Å². The molecule has 0 radical (unpaired) electrons. The summed E-state index contributed by atoms with van der Waals surface area (Å²) in [7, 11) is 1.55. The Balaban J connectivity index is 1.79. The lowest BCUT2D eigenvalue weighted by molar-refractivity contribution is -0.124. The van der Waals surface area contributed by atoms with Crippen LogP contribution in [0, 0.1) is 11.7 Å². The van der Waals surface area contributed by atoms with Gasteiger partial charge < -0.3 is 15.0 Å². The lowest BCUT2D eigenvalue weighted by Gasteiger charge is -2.23. The molecule has 0 bridgehead atoms. The third-order valence-corrected chi connectivity index (χ3v) is 4.72. The van der Waals surface area contributed by atoms with E-state index in [1.807, 2.05) is 13.8 Å². The van der Waals surface area contributed by atoms with Crippen molar-refractivity contribution in [3.63, 3.8) is 0 Å². The number of halogens is 1. The van der Waals surface area contributed by atoms with Gasteiger partial charge in [0.25, 0.3) is 5.91 Å². The van der Waals surface area contributed by atoms with Gasteiger partial charge in [0.15, 0.2) is 0 Å². The van der Waals surface area contributed by atoms with Gasteiger partial charge in [-0.1, -0.05) is 13.8 Å². The highest BCUT2D eigenvalue weighted by atomic mass is 19.1. The molecule has 1 N–H and O–H groups in total. The number of hydrogen-bond acceptors (Lipinski definition) is 4. The molecule has 1 heterocycles. The van der Waals surface area contributed by atoms with E-state index in [0.29, 0.717) is 18.0 Å². The molecule has 158 valence electrons. The highest BCUT2D eigenvalue weighted by Crippen LogP contribution is 2.28. The molecule has 8 heteroatoms. The molecule has 3 rings (SSSR count). The first-order chi connectivity index (χ1) is 14.3. The number of amides is 4. The Morgan fingerprint density at radius 3 is 2.30 bits per heavy atom.